The van der Waals surface area contributed by atoms with E-state index in [0.717, 1.165) is 21.8 Å². The van der Waals surface area contributed by atoms with Gasteiger partial charge >= 0.3 is 0 Å². The molecule has 0 amide bonds. The van der Waals surface area contributed by atoms with Crippen molar-refractivity contribution in [1.82, 2.24) is 5.06 Å². The first kappa shape index (κ1) is 24.2. The maximum absolute atomic E-state index is 10.5. The number of hydrogen-bond acceptors (Lipinski definition) is 5. The van der Waals surface area contributed by atoms with Crippen LogP contribution in [0.15, 0.2) is 94.0 Å². The van der Waals surface area contributed by atoms with Gasteiger partial charge in [0.05, 0.1) is 16.7 Å². The molecule has 6 nitrogen and oxygen atoms in total. The van der Waals surface area contributed by atoms with Gasteiger partial charge in [0.15, 0.2) is 0 Å². The molecule has 5 rings (SSSR count). The predicted octanol–water partition coefficient (Wildman–Crippen LogP) is 4.38. The second kappa shape index (κ2) is 11.4. The Bertz CT molecular complexity index is 1320. The van der Waals surface area contributed by atoms with Gasteiger partial charge in [-0.3, -0.25) is 15.6 Å². The van der Waals surface area contributed by atoms with Gasteiger partial charge < -0.3 is 0 Å². The van der Waals surface area contributed by atoms with Gasteiger partial charge in [0.25, 0.3) is 0 Å². The highest BCUT2D eigenvalue weighted by Crippen LogP contribution is 2.17. The van der Waals surface area contributed by atoms with Crippen LogP contribution in [0.4, 0.5) is 5.69 Å². The summed E-state index contributed by atoms with van der Waals surface area (Å²) in [7, 11) is 1.66. The Morgan fingerprint density at radius 2 is 1.79 bits per heavy atom. The first-order valence-corrected chi connectivity index (χ1v) is 10.4. The molecule has 0 unspecified atom stereocenters. The topological polar surface area (TPSA) is 72.6 Å². The van der Waals surface area contributed by atoms with Crippen LogP contribution in [-0.4, -0.2) is 35.9 Å². The number of amidine groups is 1. The number of aliphatic imine (C=N–C) groups is 1. The van der Waals surface area contributed by atoms with E-state index in [4.69, 9.17) is 11.6 Å². The van der Waals surface area contributed by atoms with E-state index in [-0.39, 0.29) is 19.0 Å². The molecular weight excluding hydrogens is 457 g/mol. The minimum absolute atomic E-state index is 0. The highest BCUT2D eigenvalue weighted by atomic mass is 35.5. The molecule has 2 heterocycles. The van der Waals surface area contributed by atoms with Crippen molar-refractivity contribution >= 4 is 53.5 Å². The molecule has 168 valence electrons. The second-order valence-electron chi connectivity index (χ2n) is 7.02. The zero-order valence-electron chi connectivity index (χ0n) is 17.9. The SMILES string of the molecule is C1=Cc2ccccc2NN=C1.CN=C1CN(O)C(c2ccccc2)=c2cc(Cl)ccc2=N1.Cl. The van der Waals surface area contributed by atoms with Crippen LogP contribution in [0.2, 0.25) is 5.02 Å². The number of hydrazone groups is 1. The van der Waals surface area contributed by atoms with E-state index in [0.29, 0.717) is 16.6 Å². The average Bonchev–Trinajstić information content (AvgIpc) is 3.14. The summed E-state index contributed by atoms with van der Waals surface area (Å²) in [6, 6.07) is 23.2. The first-order valence-electron chi connectivity index (χ1n) is 10.1. The molecule has 0 saturated heterocycles. The van der Waals surface area contributed by atoms with Crippen molar-refractivity contribution in [3.8, 4) is 0 Å². The second-order valence-corrected chi connectivity index (χ2v) is 7.46. The lowest BCUT2D eigenvalue weighted by Crippen LogP contribution is -2.31. The molecule has 3 aromatic rings. The van der Waals surface area contributed by atoms with Gasteiger partial charge in [-0.25, -0.2) is 10.1 Å². The molecule has 0 fully saturated rings. The number of rotatable bonds is 1. The van der Waals surface area contributed by atoms with E-state index < -0.39 is 0 Å². The number of fused-ring (bicyclic) bond motifs is 2. The van der Waals surface area contributed by atoms with Crippen LogP contribution >= 0.6 is 24.0 Å². The minimum atomic E-state index is 0. The Balaban J connectivity index is 0.000000215. The summed E-state index contributed by atoms with van der Waals surface area (Å²) in [6.07, 6.45) is 5.68. The van der Waals surface area contributed by atoms with Gasteiger partial charge in [0, 0.05) is 29.1 Å². The van der Waals surface area contributed by atoms with Gasteiger partial charge in [-0.2, -0.15) is 5.10 Å². The zero-order chi connectivity index (χ0) is 22.3. The molecule has 0 aliphatic carbocycles. The Hall–Kier alpha value is -3.45. The van der Waals surface area contributed by atoms with Crippen molar-refractivity contribution in [3.63, 3.8) is 0 Å². The van der Waals surface area contributed by atoms with Crippen molar-refractivity contribution in [2.45, 2.75) is 0 Å². The van der Waals surface area contributed by atoms with Gasteiger partial charge in [0.1, 0.15) is 12.4 Å². The molecule has 0 bridgehead atoms. The van der Waals surface area contributed by atoms with Gasteiger partial charge in [-0.15, -0.1) is 12.4 Å². The highest BCUT2D eigenvalue weighted by molar-refractivity contribution is 6.30. The summed E-state index contributed by atoms with van der Waals surface area (Å²) < 4.78 is 0. The molecule has 2 aliphatic heterocycles. The third kappa shape index (κ3) is 5.87. The monoisotopic (exact) mass is 479 g/mol. The Morgan fingerprint density at radius 1 is 1.03 bits per heavy atom. The maximum Gasteiger partial charge on any atom is 0.145 e. The Kier molecular flexibility index (Phi) is 8.38. The summed E-state index contributed by atoms with van der Waals surface area (Å²) in [5.74, 6) is 0.562. The minimum Gasteiger partial charge on any atom is -0.288 e. The summed E-state index contributed by atoms with van der Waals surface area (Å²) >= 11 is 6.12. The van der Waals surface area contributed by atoms with Crippen molar-refractivity contribution < 1.29 is 5.21 Å². The number of hydrogen-bond donors (Lipinski definition) is 2. The molecule has 0 saturated carbocycles. The van der Waals surface area contributed by atoms with E-state index in [1.165, 1.54) is 10.6 Å². The molecule has 8 heteroatoms. The Morgan fingerprint density at radius 3 is 2.58 bits per heavy atom. The number of anilines is 1. The van der Waals surface area contributed by atoms with Crippen LogP contribution in [0.1, 0.15) is 11.1 Å². The molecule has 0 radical (unpaired) electrons. The average molecular weight is 480 g/mol. The largest absolute Gasteiger partial charge is 0.288 e. The lowest BCUT2D eigenvalue weighted by atomic mass is 10.1. The van der Waals surface area contributed by atoms with Crippen LogP contribution in [0.25, 0.3) is 11.8 Å². The van der Waals surface area contributed by atoms with Crippen molar-refractivity contribution in [1.29, 1.82) is 0 Å². The number of nitrogens with one attached hydrogen (secondary N) is 1. The normalized spacial score (nSPS) is 14.9. The fraction of sp³-hybridized carbons (Fsp3) is 0.0800. The fourth-order valence-corrected chi connectivity index (χ4v) is 3.56. The van der Waals surface area contributed by atoms with Crippen molar-refractivity contribution in [2.24, 2.45) is 15.1 Å². The van der Waals surface area contributed by atoms with Crippen LogP contribution in [-0.2, 0) is 0 Å². The molecule has 33 heavy (non-hydrogen) atoms. The molecular formula is C25H23Cl2N5O. The van der Waals surface area contributed by atoms with E-state index in [2.05, 4.69) is 20.5 Å². The van der Waals surface area contributed by atoms with Gasteiger partial charge in [0.2, 0.25) is 0 Å². The number of para-hydroxylation sites is 1. The smallest absolute Gasteiger partial charge is 0.145 e. The van der Waals surface area contributed by atoms with Crippen LogP contribution < -0.4 is 16.0 Å². The number of halogens is 2. The van der Waals surface area contributed by atoms with Crippen molar-refractivity contribution in [2.75, 3.05) is 19.0 Å². The van der Waals surface area contributed by atoms with Crippen molar-refractivity contribution in [3.05, 3.63) is 106 Å². The number of allylic oxidation sites excluding steroid dienone is 1. The Labute approximate surface area is 203 Å². The van der Waals surface area contributed by atoms with E-state index in [9.17, 15) is 5.21 Å². The summed E-state index contributed by atoms with van der Waals surface area (Å²) in [6.45, 7) is 0.229. The number of hydroxylamine groups is 2. The third-order valence-electron chi connectivity index (χ3n) is 4.90. The first-order chi connectivity index (χ1) is 15.7. The number of nitrogens with zero attached hydrogens (tertiary/aromatic N) is 4. The van der Waals surface area contributed by atoms with E-state index >= 15 is 0 Å². The fourth-order valence-electron chi connectivity index (χ4n) is 3.38. The van der Waals surface area contributed by atoms with Crippen LogP contribution in [0, 0.1) is 0 Å². The third-order valence-corrected chi connectivity index (χ3v) is 5.14. The van der Waals surface area contributed by atoms with Crippen LogP contribution in [0.3, 0.4) is 0 Å². The van der Waals surface area contributed by atoms with Gasteiger partial charge in [-0.05, 0) is 35.9 Å². The zero-order valence-corrected chi connectivity index (χ0v) is 19.5. The standard InChI is InChI=1S/C16H14ClN3O.C9H8N2.ClH/c1-18-15-10-20(21)16(11-5-3-2-4-6-11)13-9-12(17)7-8-14(13)19-15;1-2-6-9-8(4-1)5-3-7-10-11-9;/h2-9,21H,10H2,1H3;1-7,11H;1H. The lowest BCUT2D eigenvalue weighted by Gasteiger charge is -2.19. The molecule has 0 atom stereocenters. The van der Waals surface area contributed by atoms with Crippen LogP contribution in [0.5, 0.6) is 0 Å². The summed E-state index contributed by atoms with van der Waals surface area (Å²) in [5, 5.41) is 17.7. The molecule has 2 aliphatic rings. The molecule has 0 aromatic heterocycles. The predicted molar refractivity (Wildman–Crippen MR) is 138 cm³/mol. The lowest BCUT2D eigenvalue weighted by molar-refractivity contribution is -0.0119. The summed E-state index contributed by atoms with van der Waals surface area (Å²) in [5.41, 5.74) is 6.73. The molecule has 3 aromatic carbocycles. The van der Waals surface area contributed by atoms with E-state index in [1.54, 1.807) is 19.3 Å². The van der Waals surface area contributed by atoms with Gasteiger partial charge in [-0.1, -0.05) is 66.2 Å². The summed E-state index contributed by atoms with van der Waals surface area (Å²) in [4.78, 5) is 8.60. The van der Waals surface area contributed by atoms with E-state index in [1.807, 2.05) is 78.9 Å². The highest BCUT2D eigenvalue weighted by Gasteiger charge is 2.17. The number of benzene rings is 3. The maximum atomic E-state index is 10.5. The molecule has 2 N–H and O–H groups in total. The quantitative estimate of drug-likeness (QED) is 0.543. The molecule has 0 spiro atoms.